The molecule has 0 atom stereocenters. The fourth-order valence-electron chi connectivity index (χ4n) is 4.49. The molecule has 4 rings (SSSR count). The topological polar surface area (TPSA) is 54.3 Å². The number of amides is 2. The molecule has 5 nitrogen and oxygen atoms in total. The number of carbonyl (C=O) groups is 2. The van der Waals surface area contributed by atoms with E-state index in [0.717, 1.165) is 21.4 Å². The van der Waals surface area contributed by atoms with Crippen molar-refractivity contribution in [2.45, 2.75) is 52.0 Å². The van der Waals surface area contributed by atoms with Gasteiger partial charge in [0.25, 0.3) is 11.8 Å². The molecule has 30 heavy (non-hydrogen) atoms. The Morgan fingerprint density at radius 1 is 1.10 bits per heavy atom. The molecule has 0 spiro atoms. The minimum Gasteiger partial charge on any atom is -0.346 e. The average Bonchev–Trinajstić information content (AvgIpc) is 3.00. The van der Waals surface area contributed by atoms with Crippen molar-refractivity contribution in [2.24, 2.45) is 0 Å². The van der Waals surface area contributed by atoms with Crippen LogP contribution in [0, 0.1) is 13.8 Å². The van der Waals surface area contributed by atoms with Crippen LogP contribution in [0.1, 0.15) is 55.1 Å². The number of hydrogen-bond acceptors (Lipinski definition) is 3. The molecule has 0 unspecified atom stereocenters. The Hall–Kier alpha value is -2.25. The first-order valence-corrected chi connectivity index (χ1v) is 11.4. The highest BCUT2D eigenvalue weighted by Gasteiger charge is 2.34. The zero-order valence-electron chi connectivity index (χ0n) is 17.1. The molecular formula is C23H24BrN3O2S. The first-order valence-electron chi connectivity index (χ1n) is 10.2. The number of carbonyl (C=O) groups excluding carboxylic acids is 2. The van der Waals surface area contributed by atoms with E-state index in [0.29, 0.717) is 11.7 Å². The molecule has 1 aliphatic heterocycles. The van der Waals surface area contributed by atoms with Gasteiger partial charge in [-0.3, -0.25) is 19.8 Å². The second-order valence-electron chi connectivity index (χ2n) is 7.92. The highest BCUT2D eigenvalue weighted by atomic mass is 79.9. The summed E-state index contributed by atoms with van der Waals surface area (Å²) in [7, 11) is 0. The van der Waals surface area contributed by atoms with Crippen LogP contribution in [0.3, 0.4) is 0 Å². The summed E-state index contributed by atoms with van der Waals surface area (Å²) in [5, 5.41) is 2.75. The Morgan fingerprint density at radius 2 is 1.77 bits per heavy atom. The molecule has 0 radical (unpaired) electrons. The van der Waals surface area contributed by atoms with Crippen LogP contribution in [0.2, 0.25) is 0 Å². The first-order chi connectivity index (χ1) is 14.4. The fraction of sp³-hybridized carbons (Fsp3) is 0.348. The molecule has 0 bridgehead atoms. The van der Waals surface area contributed by atoms with Crippen LogP contribution in [0.5, 0.6) is 0 Å². The summed E-state index contributed by atoms with van der Waals surface area (Å²) in [6.45, 7) is 4.16. The summed E-state index contributed by atoms with van der Waals surface area (Å²) in [6, 6.07) is 9.81. The number of thiocarbonyl (C=S) groups is 1. The van der Waals surface area contributed by atoms with Crippen molar-refractivity contribution in [3.63, 3.8) is 0 Å². The molecule has 2 aromatic rings. The Labute approximate surface area is 190 Å². The van der Waals surface area contributed by atoms with Crippen LogP contribution in [0.25, 0.3) is 6.08 Å². The van der Waals surface area contributed by atoms with Gasteiger partial charge in [-0.05, 0) is 80.9 Å². The number of aromatic nitrogens is 1. The smallest absolute Gasteiger partial charge is 0.270 e. The lowest BCUT2D eigenvalue weighted by atomic mass is 9.95. The Bertz CT molecular complexity index is 1050. The minimum absolute atomic E-state index is 0.0930. The molecule has 2 heterocycles. The summed E-state index contributed by atoms with van der Waals surface area (Å²) >= 11 is 8.68. The van der Waals surface area contributed by atoms with Crippen LogP contribution in [-0.4, -0.2) is 21.5 Å². The molecular weight excluding hydrogens is 462 g/mol. The van der Waals surface area contributed by atoms with Crippen molar-refractivity contribution in [3.8, 4) is 0 Å². The molecule has 1 aliphatic carbocycles. The van der Waals surface area contributed by atoms with Gasteiger partial charge in [-0.2, -0.15) is 0 Å². The number of rotatable bonds is 3. The highest BCUT2D eigenvalue weighted by molar-refractivity contribution is 9.10. The third kappa shape index (κ3) is 3.88. The van der Waals surface area contributed by atoms with Crippen molar-refractivity contribution in [1.82, 2.24) is 9.88 Å². The zero-order valence-corrected chi connectivity index (χ0v) is 19.5. The first kappa shape index (κ1) is 21.0. The molecule has 1 aromatic heterocycles. The molecule has 1 saturated carbocycles. The van der Waals surface area contributed by atoms with Crippen LogP contribution in [-0.2, 0) is 9.59 Å². The van der Waals surface area contributed by atoms with Crippen LogP contribution < -0.4 is 10.2 Å². The number of nitrogens with one attached hydrogen (secondary N) is 1. The maximum Gasteiger partial charge on any atom is 0.270 e. The average molecular weight is 486 g/mol. The van der Waals surface area contributed by atoms with Crippen LogP contribution >= 0.6 is 28.1 Å². The van der Waals surface area contributed by atoms with Gasteiger partial charge in [-0.25, -0.2) is 0 Å². The number of nitrogens with zero attached hydrogens (tertiary/aromatic N) is 2. The van der Waals surface area contributed by atoms with Crippen molar-refractivity contribution in [2.75, 3.05) is 4.90 Å². The summed E-state index contributed by atoms with van der Waals surface area (Å²) in [4.78, 5) is 27.2. The Morgan fingerprint density at radius 3 is 2.43 bits per heavy atom. The van der Waals surface area contributed by atoms with E-state index >= 15 is 0 Å². The van der Waals surface area contributed by atoms with Gasteiger partial charge in [0.05, 0.1) is 5.69 Å². The number of hydrogen-bond donors (Lipinski definition) is 1. The van der Waals surface area contributed by atoms with E-state index in [1.54, 1.807) is 18.2 Å². The third-order valence-electron chi connectivity index (χ3n) is 5.95. The second-order valence-corrected chi connectivity index (χ2v) is 9.22. The van der Waals surface area contributed by atoms with Gasteiger partial charge < -0.3 is 4.57 Å². The summed E-state index contributed by atoms with van der Waals surface area (Å²) in [5.74, 6) is -0.866. The molecule has 7 heteroatoms. The Balaban J connectivity index is 1.70. The highest BCUT2D eigenvalue weighted by Crippen LogP contribution is 2.33. The van der Waals surface area contributed by atoms with E-state index < -0.39 is 11.8 Å². The minimum atomic E-state index is -0.458. The number of halogens is 1. The molecule has 1 aromatic carbocycles. The SMILES string of the molecule is Cc1cc(C=C2C(=O)NC(=S)N(c3ccc(Br)cc3)C2=O)c(C)n1C1CCCCC1. The molecule has 2 aliphatic rings. The van der Waals surface area contributed by atoms with Crippen molar-refractivity contribution in [1.29, 1.82) is 0 Å². The molecule has 156 valence electrons. The summed E-state index contributed by atoms with van der Waals surface area (Å²) < 4.78 is 3.27. The maximum atomic E-state index is 13.2. The Kier molecular flexibility index (Phi) is 5.93. The second kappa shape index (κ2) is 8.47. The van der Waals surface area contributed by atoms with Crippen molar-refractivity contribution < 1.29 is 9.59 Å². The van der Waals surface area contributed by atoms with E-state index in [4.69, 9.17) is 12.2 Å². The van der Waals surface area contributed by atoms with Crippen molar-refractivity contribution >= 4 is 56.8 Å². The normalized spacial score (nSPS) is 19.5. The van der Waals surface area contributed by atoms with E-state index in [1.807, 2.05) is 12.1 Å². The van der Waals surface area contributed by atoms with Gasteiger partial charge in [0.1, 0.15) is 5.57 Å². The number of anilines is 1. The lowest BCUT2D eigenvalue weighted by Gasteiger charge is -2.29. The fourth-order valence-corrected chi connectivity index (χ4v) is 5.03. The summed E-state index contributed by atoms with van der Waals surface area (Å²) in [5.41, 5.74) is 3.87. The summed E-state index contributed by atoms with van der Waals surface area (Å²) in [6.07, 6.45) is 7.85. The monoisotopic (exact) mass is 485 g/mol. The van der Waals surface area contributed by atoms with Gasteiger partial charge in [0.15, 0.2) is 5.11 Å². The van der Waals surface area contributed by atoms with Gasteiger partial charge in [-0.1, -0.05) is 35.2 Å². The standard InChI is InChI=1S/C23H24BrN3O2S/c1-14-12-16(15(2)26(14)18-6-4-3-5-7-18)13-20-21(28)25-23(30)27(22(20)29)19-10-8-17(24)9-11-19/h8-13,18H,3-7H2,1-2H3,(H,25,28,30). The number of benzene rings is 1. The lowest BCUT2D eigenvalue weighted by Crippen LogP contribution is -2.54. The van der Waals surface area contributed by atoms with Crippen LogP contribution in [0.4, 0.5) is 5.69 Å². The van der Waals surface area contributed by atoms with Gasteiger partial charge in [0.2, 0.25) is 0 Å². The van der Waals surface area contributed by atoms with E-state index in [1.165, 1.54) is 37.0 Å². The third-order valence-corrected chi connectivity index (χ3v) is 6.76. The molecule has 2 fully saturated rings. The van der Waals surface area contributed by atoms with Gasteiger partial charge in [-0.15, -0.1) is 0 Å². The molecule has 1 saturated heterocycles. The van der Waals surface area contributed by atoms with Gasteiger partial charge in [0, 0.05) is 21.9 Å². The quantitative estimate of drug-likeness (QED) is 0.369. The lowest BCUT2D eigenvalue weighted by molar-refractivity contribution is -0.122. The van der Waals surface area contributed by atoms with Crippen molar-refractivity contribution in [3.05, 3.63) is 57.3 Å². The molecule has 2 amide bonds. The largest absolute Gasteiger partial charge is 0.346 e. The molecule has 1 N–H and O–H groups in total. The maximum absolute atomic E-state index is 13.2. The van der Waals surface area contributed by atoms with Crippen LogP contribution in [0.15, 0.2) is 40.4 Å². The predicted octanol–water partition coefficient (Wildman–Crippen LogP) is 5.20. The predicted molar refractivity (Wildman–Crippen MR) is 126 cm³/mol. The zero-order chi connectivity index (χ0) is 21.4. The van der Waals surface area contributed by atoms with E-state index in [-0.39, 0.29) is 10.7 Å². The van der Waals surface area contributed by atoms with Gasteiger partial charge >= 0.3 is 0 Å². The number of aryl methyl sites for hydroxylation is 1. The van der Waals surface area contributed by atoms with E-state index in [2.05, 4.69) is 45.7 Å². The van der Waals surface area contributed by atoms with E-state index in [9.17, 15) is 9.59 Å².